The van der Waals surface area contributed by atoms with Gasteiger partial charge in [0.2, 0.25) is 0 Å². The lowest BCUT2D eigenvalue weighted by molar-refractivity contribution is -0.144. The summed E-state index contributed by atoms with van der Waals surface area (Å²) in [7, 11) is 0. The topological polar surface area (TPSA) is 44.8 Å². The van der Waals surface area contributed by atoms with Gasteiger partial charge in [0.05, 0.1) is 19.8 Å². The van der Waals surface area contributed by atoms with Gasteiger partial charge in [-0.3, -0.25) is 4.79 Å². The number of rotatable bonds is 26. The maximum Gasteiger partial charge on any atom is 0.305 e. The minimum atomic E-state index is -0.0883. The molecule has 0 aromatic rings. The number of ether oxygens (including phenoxy) is 3. The Morgan fingerprint density at radius 2 is 1.16 bits per heavy atom. The SMILES string of the molecule is CCCCCCCCCCCCCCOC(=O)CCCOCCOCC(CC)CCCC. The van der Waals surface area contributed by atoms with E-state index in [4.69, 9.17) is 14.2 Å². The summed E-state index contributed by atoms with van der Waals surface area (Å²) in [6, 6.07) is 0. The van der Waals surface area contributed by atoms with Crippen LogP contribution in [0.25, 0.3) is 0 Å². The minimum Gasteiger partial charge on any atom is -0.466 e. The summed E-state index contributed by atoms with van der Waals surface area (Å²) in [6.45, 7) is 10.0. The van der Waals surface area contributed by atoms with E-state index in [-0.39, 0.29) is 5.97 Å². The fraction of sp³-hybridized carbons (Fsp3) is 0.964. The molecule has 192 valence electrons. The predicted octanol–water partition coefficient (Wildman–Crippen LogP) is 8.26. The fourth-order valence-electron chi connectivity index (χ4n) is 3.89. The van der Waals surface area contributed by atoms with Crippen LogP contribution in [0.2, 0.25) is 0 Å². The first-order chi connectivity index (χ1) is 15.7. The van der Waals surface area contributed by atoms with Crippen molar-refractivity contribution in [3.63, 3.8) is 0 Å². The van der Waals surface area contributed by atoms with Gasteiger partial charge in [0.15, 0.2) is 0 Å². The first-order valence-corrected chi connectivity index (χ1v) is 14.1. The number of unbranched alkanes of at least 4 members (excludes halogenated alkanes) is 12. The van der Waals surface area contributed by atoms with Crippen LogP contribution in [0.4, 0.5) is 0 Å². The van der Waals surface area contributed by atoms with Crippen LogP contribution in [0.15, 0.2) is 0 Å². The Bertz CT molecular complexity index is 372. The number of carbonyl (C=O) groups is 1. The van der Waals surface area contributed by atoms with Crippen LogP contribution in [-0.2, 0) is 19.0 Å². The van der Waals surface area contributed by atoms with E-state index in [1.54, 1.807) is 0 Å². The van der Waals surface area contributed by atoms with E-state index in [0.717, 1.165) is 19.4 Å². The molecule has 0 aliphatic heterocycles. The summed E-state index contributed by atoms with van der Waals surface area (Å²) in [5, 5.41) is 0. The van der Waals surface area contributed by atoms with Crippen molar-refractivity contribution in [2.75, 3.05) is 33.0 Å². The molecular weight excluding hydrogens is 400 g/mol. The summed E-state index contributed by atoms with van der Waals surface area (Å²) in [6.07, 6.45) is 22.0. The van der Waals surface area contributed by atoms with Gasteiger partial charge in [-0.25, -0.2) is 0 Å². The van der Waals surface area contributed by atoms with Crippen LogP contribution < -0.4 is 0 Å². The van der Waals surface area contributed by atoms with Crippen molar-refractivity contribution in [3.05, 3.63) is 0 Å². The maximum absolute atomic E-state index is 11.8. The molecule has 32 heavy (non-hydrogen) atoms. The minimum absolute atomic E-state index is 0.0883. The van der Waals surface area contributed by atoms with Crippen LogP contribution in [0, 0.1) is 5.92 Å². The maximum atomic E-state index is 11.8. The van der Waals surface area contributed by atoms with Gasteiger partial charge in [-0.2, -0.15) is 0 Å². The van der Waals surface area contributed by atoms with Crippen molar-refractivity contribution in [1.82, 2.24) is 0 Å². The molecule has 0 amide bonds. The van der Waals surface area contributed by atoms with Crippen molar-refractivity contribution >= 4 is 5.97 Å². The zero-order valence-electron chi connectivity index (χ0n) is 22.0. The standard InChI is InChI=1S/C28H56O4/c1-4-7-9-10-11-12-13-14-15-16-17-18-23-32-28(29)21-19-22-30-24-25-31-26-27(6-3)20-8-5-2/h27H,4-26H2,1-3H3. The second-order valence-electron chi connectivity index (χ2n) is 9.32. The summed E-state index contributed by atoms with van der Waals surface area (Å²) in [4.78, 5) is 11.8. The summed E-state index contributed by atoms with van der Waals surface area (Å²) < 4.78 is 16.6. The molecule has 4 heteroatoms. The van der Waals surface area contributed by atoms with Crippen LogP contribution in [0.1, 0.15) is 136 Å². The molecule has 0 radical (unpaired) electrons. The van der Waals surface area contributed by atoms with E-state index in [0.29, 0.717) is 38.8 Å². The Balaban J connectivity index is 3.25. The van der Waals surface area contributed by atoms with Crippen LogP contribution >= 0.6 is 0 Å². The molecule has 0 N–H and O–H groups in total. The van der Waals surface area contributed by atoms with E-state index < -0.39 is 0 Å². The molecule has 0 saturated heterocycles. The van der Waals surface area contributed by atoms with Gasteiger partial charge in [0, 0.05) is 19.6 Å². The molecule has 0 spiro atoms. The molecule has 0 aromatic heterocycles. The smallest absolute Gasteiger partial charge is 0.305 e. The van der Waals surface area contributed by atoms with Gasteiger partial charge < -0.3 is 14.2 Å². The largest absolute Gasteiger partial charge is 0.466 e. The third-order valence-electron chi connectivity index (χ3n) is 6.20. The molecule has 1 atom stereocenters. The monoisotopic (exact) mass is 456 g/mol. The van der Waals surface area contributed by atoms with E-state index in [9.17, 15) is 4.79 Å². The third kappa shape index (κ3) is 24.0. The summed E-state index contributed by atoms with van der Waals surface area (Å²) in [5.74, 6) is 0.587. The zero-order valence-corrected chi connectivity index (χ0v) is 22.0. The number of hydrogen-bond acceptors (Lipinski definition) is 4. The number of esters is 1. The van der Waals surface area contributed by atoms with Crippen molar-refractivity contribution < 1.29 is 19.0 Å². The third-order valence-corrected chi connectivity index (χ3v) is 6.20. The van der Waals surface area contributed by atoms with Gasteiger partial charge >= 0.3 is 5.97 Å². The quantitative estimate of drug-likeness (QED) is 0.0970. The van der Waals surface area contributed by atoms with E-state index in [2.05, 4.69) is 20.8 Å². The Hall–Kier alpha value is -0.610. The molecule has 0 fully saturated rings. The van der Waals surface area contributed by atoms with E-state index in [1.807, 2.05) is 0 Å². The zero-order chi connectivity index (χ0) is 23.5. The highest BCUT2D eigenvalue weighted by atomic mass is 16.5. The highest BCUT2D eigenvalue weighted by Gasteiger charge is 2.06. The van der Waals surface area contributed by atoms with Crippen molar-refractivity contribution in [3.8, 4) is 0 Å². The van der Waals surface area contributed by atoms with Crippen molar-refractivity contribution in [2.45, 2.75) is 136 Å². The average molecular weight is 457 g/mol. The van der Waals surface area contributed by atoms with Crippen LogP contribution in [0.5, 0.6) is 0 Å². The molecule has 0 rings (SSSR count). The van der Waals surface area contributed by atoms with E-state index >= 15 is 0 Å². The number of carbonyl (C=O) groups excluding carboxylic acids is 1. The number of hydrogen-bond donors (Lipinski definition) is 0. The average Bonchev–Trinajstić information content (AvgIpc) is 2.80. The normalized spacial score (nSPS) is 12.2. The summed E-state index contributed by atoms with van der Waals surface area (Å²) >= 11 is 0. The summed E-state index contributed by atoms with van der Waals surface area (Å²) in [5.41, 5.74) is 0. The van der Waals surface area contributed by atoms with Crippen molar-refractivity contribution in [1.29, 1.82) is 0 Å². The first kappa shape index (κ1) is 31.4. The molecule has 0 saturated carbocycles. The first-order valence-electron chi connectivity index (χ1n) is 14.1. The lowest BCUT2D eigenvalue weighted by Gasteiger charge is -2.14. The molecule has 0 aliphatic rings. The second-order valence-corrected chi connectivity index (χ2v) is 9.32. The lowest BCUT2D eigenvalue weighted by atomic mass is 10.0. The van der Waals surface area contributed by atoms with Crippen LogP contribution in [0.3, 0.4) is 0 Å². The molecule has 1 unspecified atom stereocenters. The molecule has 0 aromatic carbocycles. The van der Waals surface area contributed by atoms with Gasteiger partial charge in [-0.05, 0) is 25.2 Å². The van der Waals surface area contributed by atoms with Gasteiger partial charge in [-0.15, -0.1) is 0 Å². The lowest BCUT2D eigenvalue weighted by Crippen LogP contribution is -2.13. The van der Waals surface area contributed by atoms with E-state index in [1.165, 1.54) is 96.3 Å². The molecule has 0 aliphatic carbocycles. The highest BCUT2D eigenvalue weighted by molar-refractivity contribution is 5.69. The highest BCUT2D eigenvalue weighted by Crippen LogP contribution is 2.13. The Kier molecular flexibility index (Phi) is 26.1. The molecule has 0 bridgehead atoms. The van der Waals surface area contributed by atoms with Crippen LogP contribution in [-0.4, -0.2) is 39.0 Å². The Morgan fingerprint density at radius 3 is 1.75 bits per heavy atom. The Labute approximate surface area is 200 Å². The van der Waals surface area contributed by atoms with Crippen molar-refractivity contribution in [2.24, 2.45) is 5.92 Å². The fourth-order valence-corrected chi connectivity index (χ4v) is 3.89. The molecule has 4 nitrogen and oxygen atoms in total. The predicted molar refractivity (Wildman–Crippen MR) is 136 cm³/mol. The second kappa shape index (κ2) is 26.6. The van der Waals surface area contributed by atoms with Gasteiger partial charge in [-0.1, -0.05) is 111 Å². The van der Waals surface area contributed by atoms with Gasteiger partial charge in [0.25, 0.3) is 0 Å². The molecule has 0 heterocycles. The van der Waals surface area contributed by atoms with Gasteiger partial charge in [0.1, 0.15) is 0 Å². The molecular formula is C28H56O4. The Morgan fingerprint density at radius 1 is 0.594 bits per heavy atom.